The molecule has 0 aliphatic carbocycles. The molecule has 5 aliphatic heterocycles. The van der Waals surface area contributed by atoms with Crippen molar-refractivity contribution in [2.24, 2.45) is 15.0 Å². The highest BCUT2D eigenvalue weighted by molar-refractivity contribution is 6.04. The number of aliphatic imine (C=N–C) groups is 3. The summed E-state index contributed by atoms with van der Waals surface area (Å²) in [5.41, 5.74) is 6.18. The summed E-state index contributed by atoms with van der Waals surface area (Å²) in [5, 5.41) is 3.53. The third kappa shape index (κ3) is 2.61. The molecule has 5 aliphatic rings. The zero-order valence-electron chi connectivity index (χ0n) is 15.2. The highest BCUT2D eigenvalue weighted by Crippen LogP contribution is 2.38. The van der Waals surface area contributed by atoms with Gasteiger partial charge >= 0.3 is 0 Å². The van der Waals surface area contributed by atoms with Crippen LogP contribution in [0.3, 0.4) is 0 Å². The maximum absolute atomic E-state index is 12.6. The number of hydrogen-bond donors (Lipinski definition) is 1. The highest BCUT2D eigenvalue weighted by Gasteiger charge is 2.47. The molecule has 5 nitrogen and oxygen atoms in total. The average Bonchev–Trinajstić information content (AvgIpc) is 3.36. The van der Waals surface area contributed by atoms with Crippen molar-refractivity contribution < 1.29 is 4.79 Å². The molecule has 2 unspecified atom stereocenters. The van der Waals surface area contributed by atoms with Crippen molar-refractivity contribution >= 4 is 22.9 Å². The molecular formula is C21H24N4O. The van der Waals surface area contributed by atoms with Gasteiger partial charge in [-0.2, -0.15) is 0 Å². The first kappa shape index (κ1) is 15.9. The van der Waals surface area contributed by atoms with Crippen molar-refractivity contribution in [1.82, 2.24) is 5.32 Å². The Morgan fingerprint density at radius 3 is 2.62 bits per heavy atom. The van der Waals surface area contributed by atoms with Crippen LogP contribution in [0.4, 0.5) is 0 Å². The summed E-state index contributed by atoms with van der Waals surface area (Å²) in [6.45, 7) is 1.68. The summed E-state index contributed by atoms with van der Waals surface area (Å²) in [7, 11) is 0. The van der Waals surface area contributed by atoms with Gasteiger partial charge in [0.1, 0.15) is 5.54 Å². The van der Waals surface area contributed by atoms with Crippen molar-refractivity contribution in [3.8, 4) is 0 Å². The second-order valence-electron chi connectivity index (χ2n) is 7.96. The van der Waals surface area contributed by atoms with E-state index in [1.807, 2.05) is 0 Å². The molecule has 1 saturated heterocycles. The topological polar surface area (TPSA) is 66.2 Å². The Hall–Kier alpha value is -2.30. The fraction of sp³-hybridized carbons (Fsp3) is 0.524. The van der Waals surface area contributed by atoms with E-state index in [-0.39, 0.29) is 11.8 Å². The molecular weight excluding hydrogens is 324 g/mol. The van der Waals surface area contributed by atoms with Gasteiger partial charge in [-0.05, 0) is 76.5 Å². The van der Waals surface area contributed by atoms with Crippen LogP contribution in [-0.4, -0.2) is 34.5 Å². The second-order valence-corrected chi connectivity index (χ2v) is 7.96. The Morgan fingerprint density at radius 1 is 1.00 bits per heavy atom. The molecule has 1 fully saturated rings. The molecule has 26 heavy (non-hydrogen) atoms. The predicted octanol–water partition coefficient (Wildman–Crippen LogP) is 3.44. The van der Waals surface area contributed by atoms with E-state index in [0.717, 1.165) is 74.2 Å². The number of ketones is 1. The molecule has 0 spiro atoms. The Kier molecular flexibility index (Phi) is 3.59. The Balaban J connectivity index is 1.62. The Morgan fingerprint density at radius 2 is 1.81 bits per heavy atom. The van der Waals surface area contributed by atoms with Crippen molar-refractivity contribution in [1.29, 1.82) is 0 Å². The summed E-state index contributed by atoms with van der Waals surface area (Å²) in [4.78, 5) is 27.3. The first-order valence-corrected chi connectivity index (χ1v) is 9.73. The number of allylic oxidation sites excluding steroid dienone is 6. The number of nitrogens with zero attached hydrogens (tertiary/aromatic N) is 3. The summed E-state index contributed by atoms with van der Waals surface area (Å²) >= 11 is 0. The number of fused-ring (bicyclic) bond motifs is 6. The van der Waals surface area contributed by atoms with Crippen LogP contribution in [0.25, 0.3) is 0 Å². The lowest BCUT2D eigenvalue weighted by Crippen LogP contribution is -2.43. The van der Waals surface area contributed by atoms with Crippen LogP contribution in [0.15, 0.2) is 50.3 Å². The van der Waals surface area contributed by atoms with Gasteiger partial charge < -0.3 is 5.32 Å². The van der Waals surface area contributed by atoms with E-state index in [0.29, 0.717) is 0 Å². The minimum absolute atomic E-state index is 0.0250. The van der Waals surface area contributed by atoms with Crippen LogP contribution < -0.4 is 5.32 Å². The summed E-state index contributed by atoms with van der Waals surface area (Å²) in [6, 6.07) is -0.0250. The van der Waals surface area contributed by atoms with Gasteiger partial charge in [0.05, 0.1) is 6.04 Å². The molecule has 0 aromatic rings. The van der Waals surface area contributed by atoms with Gasteiger partial charge in [0, 0.05) is 34.2 Å². The van der Waals surface area contributed by atoms with E-state index in [2.05, 4.69) is 23.5 Å². The van der Waals surface area contributed by atoms with Crippen LogP contribution in [-0.2, 0) is 4.79 Å². The van der Waals surface area contributed by atoms with Gasteiger partial charge in [-0.15, -0.1) is 0 Å². The van der Waals surface area contributed by atoms with Crippen molar-refractivity contribution in [3.63, 3.8) is 0 Å². The molecule has 5 heterocycles. The summed E-state index contributed by atoms with van der Waals surface area (Å²) in [5.74, 6) is 0.152. The number of nitrogens with one attached hydrogen (secondary N) is 1. The van der Waals surface area contributed by atoms with E-state index in [9.17, 15) is 4.79 Å². The molecule has 2 atom stereocenters. The monoisotopic (exact) mass is 348 g/mol. The summed E-state index contributed by atoms with van der Waals surface area (Å²) in [6.07, 6.45) is 14.0. The number of rotatable bonds is 1. The zero-order chi connectivity index (χ0) is 17.7. The minimum atomic E-state index is -0.659. The van der Waals surface area contributed by atoms with E-state index in [4.69, 9.17) is 15.0 Å². The number of carbonyl (C=O) groups excluding carboxylic acids is 1. The predicted molar refractivity (Wildman–Crippen MR) is 104 cm³/mol. The van der Waals surface area contributed by atoms with Crippen molar-refractivity contribution in [3.05, 3.63) is 35.3 Å². The van der Waals surface area contributed by atoms with Gasteiger partial charge in [0.25, 0.3) is 0 Å². The summed E-state index contributed by atoms with van der Waals surface area (Å²) < 4.78 is 0. The van der Waals surface area contributed by atoms with Crippen LogP contribution in [0.1, 0.15) is 58.3 Å². The second kappa shape index (κ2) is 5.86. The van der Waals surface area contributed by atoms with Crippen LogP contribution in [0, 0.1) is 0 Å². The highest BCUT2D eigenvalue weighted by atomic mass is 16.1. The number of hydrogen-bond acceptors (Lipinski definition) is 5. The fourth-order valence-corrected chi connectivity index (χ4v) is 4.76. The molecule has 5 heteroatoms. The van der Waals surface area contributed by atoms with Gasteiger partial charge in [0.15, 0.2) is 5.78 Å². The SMILES string of the molecule is CC(=O)C12CCC(=N1)/C=C1/CC/C(=C/C3=NC(=C\C4=NC2CC4)/CC3)N1. The molecule has 0 amide bonds. The maximum atomic E-state index is 12.6. The van der Waals surface area contributed by atoms with Crippen LogP contribution in [0.5, 0.6) is 0 Å². The fourth-order valence-electron chi connectivity index (χ4n) is 4.76. The molecule has 134 valence electrons. The normalized spacial score (nSPS) is 38.4. The van der Waals surface area contributed by atoms with Crippen LogP contribution in [0.2, 0.25) is 0 Å². The van der Waals surface area contributed by atoms with Crippen molar-refractivity contribution in [2.45, 2.75) is 69.9 Å². The van der Waals surface area contributed by atoms with E-state index >= 15 is 0 Å². The van der Waals surface area contributed by atoms with Gasteiger partial charge in [-0.25, -0.2) is 0 Å². The van der Waals surface area contributed by atoms with E-state index in [1.165, 1.54) is 11.4 Å². The third-order valence-corrected chi connectivity index (χ3v) is 6.19. The quantitative estimate of drug-likeness (QED) is 0.789. The Bertz CT molecular complexity index is 870. The van der Waals surface area contributed by atoms with Gasteiger partial charge in [0.2, 0.25) is 0 Å². The molecule has 0 saturated carbocycles. The standard InChI is InChI=1S/C21H24N4O/c1-13(26)21-9-8-19(25-21)12-17-5-4-15(23-17)10-14-2-3-16(22-14)11-18-6-7-20(21)24-18/h10-12,20,23H,2-9H2,1H3/b15-10-,16-11-,17-12-. The molecule has 5 rings (SSSR count). The molecule has 1 N–H and O–H groups in total. The van der Waals surface area contributed by atoms with E-state index in [1.54, 1.807) is 6.92 Å². The smallest absolute Gasteiger partial charge is 0.159 e. The molecule has 0 radical (unpaired) electrons. The average molecular weight is 348 g/mol. The molecule has 0 aromatic carbocycles. The van der Waals surface area contributed by atoms with Crippen LogP contribution >= 0.6 is 0 Å². The zero-order valence-corrected chi connectivity index (χ0v) is 15.2. The minimum Gasteiger partial charge on any atom is -0.362 e. The Labute approximate surface area is 153 Å². The van der Waals surface area contributed by atoms with Crippen molar-refractivity contribution in [2.75, 3.05) is 0 Å². The third-order valence-electron chi connectivity index (χ3n) is 6.19. The lowest BCUT2D eigenvalue weighted by atomic mass is 9.83. The maximum Gasteiger partial charge on any atom is 0.159 e. The lowest BCUT2D eigenvalue weighted by molar-refractivity contribution is -0.122. The van der Waals surface area contributed by atoms with Gasteiger partial charge in [-0.1, -0.05) is 0 Å². The number of carbonyl (C=O) groups is 1. The first-order chi connectivity index (χ1) is 12.6. The lowest BCUT2D eigenvalue weighted by Gasteiger charge is -2.27. The largest absolute Gasteiger partial charge is 0.362 e. The number of Topliss-reactive ketones (excluding diaryl/α,β-unsaturated/α-hetero) is 1. The molecule has 0 aromatic heterocycles. The molecule has 8 bridgehead atoms. The first-order valence-electron chi connectivity index (χ1n) is 9.73. The van der Waals surface area contributed by atoms with Gasteiger partial charge in [-0.3, -0.25) is 19.8 Å². The van der Waals surface area contributed by atoms with E-state index < -0.39 is 5.54 Å².